The molecule has 3 rings (SSSR count). The first-order chi connectivity index (χ1) is 11.5. The number of hydrogen-bond acceptors (Lipinski definition) is 6. The van der Waals surface area contributed by atoms with Crippen molar-refractivity contribution in [1.29, 1.82) is 0 Å². The molecule has 0 atom stereocenters. The molecule has 2 N–H and O–H groups in total. The highest BCUT2D eigenvalue weighted by Crippen LogP contribution is 2.35. The van der Waals surface area contributed by atoms with Crippen molar-refractivity contribution in [2.75, 3.05) is 0 Å². The number of aryl methyl sites for hydroxylation is 1. The second-order valence-corrected chi connectivity index (χ2v) is 6.05. The normalized spacial score (nSPS) is 10.8. The summed E-state index contributed by atoms with van der Waals surface area (Å²) < 4.78 is 1.25. The Morgan fingerprint density at radius 1 is 1.33 bits per heavy atom. The molecule has 0 spiro atoms. The second-order valence-electron chi connectivity index (χ2n) is 5.04. The van der Waals surface area contributed by atoms with Crippen LogP contribution in [0.25, 0.3) is 21.5 Å². The number of primary amides is 1. The van der Waals surface area contributed by atoms with Crippen molar-refractivity contribution in [2.24, 2.45) is 5.73 Å². The van der Waals surface area contributed by atoms with Gasteiger partial charge >= 0.3 is 10.7 Å². The van der Waals surface area contributed by atoms with Crippen molar-refractivity contribution in [3.05, 3.63) is 57.0 Å². The Morgan fingerprint density at radius 2 is 2.04 bits per heavy atom. The standard InChI is InChI=1S/C15H12N4O4S/c16-11(20)6-7-18-14-10(8-12(24-14)19(22)23)13(17-15(18)21)9-4-2-1-3-5-9/h1-5,8H,6-7H2,(H2,16,20). The lowest BCUT2D eigenvalue weighted by Gasteiger charge is -2.08. The molecule has 0 radical (unpaired) electrons. The average molecular weight is 344 g/mol. The molecule has 0 saturated heterocycles. The molecule has 24 heavy (non-hydrogen) atoms. The highest BCUT2D eigenvalue weighted by molar-refractivity contribution is 7.21. The number of nitrogens with two attached hydrogens (primary N) is 1. The monoisotopic (exact) mass is 344 g/mol. The Hall–Kier alpha value is -3.07. The van der Waals surface area contributed by atoms with Gasteiger partial charge in [-0.15, -0.1) is 0 Å². The summed E-state index contributed by atoms with van der Waals surface area (Å²) in [5, 5.41) is 11.5. The largest absolute Gasteiger partial charge is 0.370 e. The molecule has 0 unspecified atom stereocenters. The quantitative estimate of drug-likeness (QED) is 0.560. The van der Waals surface area contributed by atoms with E-state index in [1.807, 2.05) is 6.07 Å². The number of aromatic nitrogens is 2. The van der Waals surface area contributed by atoms with Gasteiger partial charge in [-0.3, -0.25) is 19.5 Å². The van der Waals surface area contributed by atoms with Crippen molar-refractivity contribution in [3.63, 3.8) is 0 Å². The molecular weight excluding hydrogens is 332 g/mol. The van der Waals surface area contributed by atoms with E-state index in [0.29, 0.717) is 21.5 Å². The number of rotatable bonds is 5. The van der Waals surface area contributed by atoms with Crippen LogP contribution in [0.15, 0.2) is 41.2 Å². The minimum Gasteiger partial charge on any atom is -0.370 e. The first-order valence-electron chi connectivity index (χ1n) is 7.00. The van der Waals surface area contributed by atoms with E-state index in [1.54, 1.807) is 24.3 Å². The predicted octanol–water partition coefficient (Wildman–Crippen LogP) is 1.91. The summed E-state index contributed by atoms with van der Waals surface area (Å²) in [6.45, 7) is 0.0321. The molecule has 1 amide bonds. The Labute approximate surface area is 139 Å². The summed E-state index contributed by atoms with van der Waals surface area (Å²) in [5.41, 5.74) is 5.63. The molecule has 8 nitrogen and oxygen atoms in total. The van der Waals surface area contributed by atoms with Gasteiger partial charge in [0.05, 0.1) is 10.6 Å². The van der Waals surface area contributed by atoms with Gasteiger partial charge in [0.1, 0.15) is 4.83 Å². The molecule has 1 aromatic carbocycles. The summed E-state index contributed by atoms with van der Waals surface area (Å²) in [6, 6.07) is 10.4. The van der Waals surface area contributed by atoms with Gasteiger partial charge in [0, 0.05) is 30.0 Å². The Balaban J connectivity index is 2.28. The van der Waals surface area contributed by atoms with Gasteiger partial charge in [-0.05, 0) is 11.3 Å². The Kier molecular flexibility index (Phi) is 4.09. The molecule has 3 aromatic rings. The van der Waals surface area contributed by atoms with Crippen LogP contribution in [-0.4, -0.2) is 20.4 Å². The van der Waals surface area contributed by atoms with Crippen LogP contribution in [0.3, 0.4) is 0 Å². The van der Waals surface area contributed by atoms with E-state index in [9.17, 15) is 19.7 Å². The van der Waals surface area contributed by atoms with Crippen LogP contribution in [0.4, 0.5) is 5.00 Å². The number of hydrogen-bond donors (Lipinski definition) is 1. The van der Waals surface area contributed by atoms with Gasteiger partial charge in [-0.25, -0.2) is 4.79 Å². The minimum absolute atomic E-state index is 0.0321. The van der Waals surface area contributed by atoms with Gasteiger partial charge in [-0.1, -0.05) is 30.3 Å². The van der Waals surface area contributed by atoms with E-state index >= 15 is 0 Å². The van der Waals surface area contributed by atoms with E-state index in [2.05, 4.69) is 4.98 Å². The maximum Gasteiger partial charge on any atom is 0.349 e. The number of carbonyl (C=O) groups excluding carboxylic acids is 1. The van der Waals surface area contributed by atoms with Crippen LogP contribution in [0.5, 0.6) is 0 Å². The fraction of sp³-hybridized carbons (Fsp3) is 0.133. The number of benzene rings is 1. The molecule has 0 aliphatic carbocycles. The summed E-state index contributed by atoms with van der Waals surface area (Å²) >= 11 is 0.878. The highest BCUT2D eigenvalue weighted by Gasteiger charge is 2.20. The predicted molar refractivity (Wildman–Crippen MR) is 89.8 cm³/mol. The maximum absolute atomic E-state index is 12.4. The Bertz CT molecular complexity index is 994. The highest BCUT2D eigenvalue weighted by atomic mass is 32.1. The van der Waals surface area contributed by atoms with Crippen molar-refractivity contribution < 1.29 is 9.72 Å². The van der Waals surface area contributed by atoms with Crippen LogP contribution < -0.4 is 11.4 Å². The van der Waals surface area contributed by atoms with Crippen LogP contribution in [0.2, 0.25) is 0 Å². The van der Waals surface area contributed by atoms with Gasteiger partial charge in [-0.2, -0.15) is 4.98 Å². The minimum atomic E-state index is -0.570. The molecule has 0 aliphatic heterocycles. The molecule has 0 bridgehead atoms. The first kappa shape index (κ1) is 15.8. The van der Waals surface area contributed by atoms with Gasteiger partial charge < -0.3 is 5.73 Å². The van der Waals surface area contributed by atoms with Crippen LogP contribution >= 0.6 is 11.3 Å². The summed E-state index contributed by atoms with van der Waals surface area (Å²) in [6.07, 6.45) is -0.0485. The zero-order chi connectivity index (χ0) is 17.3. The Morgan fingerprint density at radius 3 is 2.67 bits per heavy atom. The molecule has 0 saturated carbocycles. The van der Waals surface area contributed by atoms with E-state index < -0.39 is 16.5 Å². The van der Waals surface area contributed by atoms with Crippen molar-refractivity contribution in [2.45, 2.75) is 13.0 Å². The zero-order valence-corrected chi connectivity index (χ0v) is 13.2. The van der Waals surface area contributed by atoms with Gasteiger partial charge in [0.2, 0.25) is 5.91 Å². The molecule has 122 valence electrons. The number of carbonyl (C=O) groups is 1. The van der Waals surface area contributed by atoms with Gasteiger partial charge in [0.15, 0.2) is 0 Å². The molecule has 0 aliphatic rings. The van der Waals surface area contributed by atoms with E-state index in [4.69, 9.17) is 5.73 Å². The fourth-order valence-electron chi connectivity index (χ4n) is 2.37. The number of nitro groups is 1. The lowest BCUT2D eigenvalue weighted by atomic mass is 10.1. The molecule has 9 heteroatoms. The van der Waals surface area contributed by atoms with E-state index in [0.717, 1.165) is 11.3 Å². The smallest absolute Gasteiger partial charge is 0.349 e. The van der Waals surface area contributed by atoms with E-state index in [-0.39, 0.29) is 18.0 Å². The zero-order valence-electron chi connectivity index (χ0n) is 12.3. The summed E-state index contributed by atoms with van der Waals surface area (Å²) in [4.78, 5) is 38.4. The lowest BCUT2D eigenvalue weighted by molar-refractivity contribution is -0.380. The van der Waals surface area contributed by atoms with Crippen LogP contribution in [0, 0.1) is 10.1 Å². The lowest BCUT2D eigenvalue weighted by Crippen LogP contribution is -2.25. The molecular formula is C15H12N4O4S. The maximum atomic E-state index is 12.4. The SMILES string of the molecule is NC(=O)CCn1c(=O)nc(-c2ccccc2)c2cc([N+](=O)[O-])sc21. The molecule has 2 heterocycles. The third kappa shape index (κ3) is 2.88. The third-order valence-electron chi connectivity index (χ3n) is 3.45. The number of thiophene rings is 1. The number of amides is 1. The topological polar surface area (TPSA) is 121 Å². The number of nitrogens with zero attached hydrogens (tertiary/aromatic N) is 3. The van der Waals surface area contributed by atoms with E-state index in [1.165, 1.54) is 10.6 Å². The molecule has 0 fully saturated rings. The van der Waals surface area contributed by atoms with Gasteiger partial charge in [0.25, 0.3) is 0 Å². The summed E-state index contributed by atoms with van der Waals surface area (Å²) in [7, 11) is 0. The first-order valence-corrected chi connectivity index (χ1v) is 7.81. The van der Waals surface area contributed by atoms with Crippen molar-refractivity contribution in [3.8, 4) is 11.3 Å². The third-order valence-corrected chi connectivity index (χ3v) is 4.56. The summed E-state index contributed by atoms with van der Waals surface area (Å²) in [5.74, 6) is -0.562. The van der Waals surface area contributed by atoms with Crippen molar-refractivity contribution >= 4 is 32.5 Å². The van der Waals surface area contributed by atoms with Crippen molar-refractivity contribution in [1.82, 2.24) is 9.55 Å². The average Bonchev–Trinajstić information content (AvgIpc) is 2.99. The number of fused-ring (bicyclic) bond motifs is 1. The van der Waals surface area contributed by atoms with Crippen LogP contribution in [-0.2, 0) is 11.3 Å². The fourth-order valence-corrected chi connectivity index (χ4v) is 3.36. The van der Waals surface area contributed by atoms with Crippen LogP contribution in [0.1, 0.15) is 6.42 Å². The second kappa shape index (κ2) is 6.20. The molecule has 2 aromatic heterocycles.